The summed E-state index contributed by atoms with van der Waals surface area (Å²) in [6.45, 7) is 4.32. The molecule has 0 fully saturated rings. The molecule has 0 spiro atoms. The number of carbonyl (C=O) groups excluding carboxylic acids is 3. The van der Waals surface area contributed by atoms with E-state index in [1.165, 1.54) is 116 Å². The SMILES string of the molecule is CCCCCCCCC=CCCCCCCCC(=O)OCC(C=O)OC(=O)CCCCCCCC=CCCCCCCCC. The number of carbonyl (C=O) groups is 3. The summed E-state index contributed by atoms with van der Waals surface area (Å²) in [7, 11) is 0. The van der Waals surface area contributed by atoms with Crippen LogP contribution in [0.4, 0.5) is 0 Å². The van der Waals surface area contributed by atoms with Crippen molar-refractivity contribution in [2.75, 3.05) is 6.61 Å². The Hall–Kier alpha value is -1.91. The summed E-state index contributed by atoms with van der Waals surface area (Å²) in [5, 5.41) is 0. The third-order valence-corrected chi connectivity index (χ3v) is 8.13. The van der Waals surface area contributed by atoms with E-state index in [1.54, 1.807) is 0 Å². The van der Waals surface area contributed by atoms with Gasteiger partial charge in [0.25, 0.3) is 0 Å². The Morgan fingerprint density at radius 1 is 0.477 bits per heavy atom. The molecule has 0 aromatic rings. The van der Waals surface area contributed by atoms with Gasteiger partial charge in [-0.15, -0.1) is 0 Å². The van der Waals surface area contributed by atoms with Crippen molar-refractivity contribution in [1.29, 1.82) is 0 Å². The molecule has 5 nitrogen and oxygen atoms in total. The van der Waals surface area contributed by atoms with Crippen molar-refractivity contribution in [2.24, 2.45) is 0 Å². The smallest absolute Gasteiger partial charge is 0.306 e. The van der Waals surface area contributed by atoms with Crippen LogP contribution in [-0.4, -0.2) is 30.9 Å². The van der Waals surface area contributed by atoms with Crippen molar-refractivity contribution in [3.8, 4) is 0 Å². The van der Waals surface area contributed by atoms with Gasteiger partial charge in [0.05, 0.1) is 0 Å². The van der Waals surface area contributed by atoms with E-state index in [4.69, 9.17) is 9.47 Å². The molecule has 0 aliphatic carbocycles. The Labute approximate surface area is 272 Å². The topological polar surface area (TPSA) is 69.7 Å². The molecule has 0 N–H and O–H groups in total. The molecule has 0 amide bonds. The second kappa shape index (κ2) is 35.6. The first-order valence-corrected chi connectivity index (χ1v) is 18.7. The van der Waals surface area contributed by atoms with Gasteiger partial charge in [0.1, 0.15) is 6.61 Å². The number of aldehydes is 1. The summed E-state index contributed by atoms with van der Waals surface area (Å²) < 4.78 is 10.4. The van der Waals surface area contributed by atoms with Crippen molar-refractivity contribution in [3.63, 3.8) is 0 Å². The van der Waals surface area contributed by atoms with Gasteiger partial charge in [-0.1, -0.05) is 141 Å². The summed E-state index contributed by atoms with van der Waals surface area (Å²) in [5.41, 5.74) is 0. The molecule has 0 rings (SSSR count). The minimum absolute atomic E-state index is 0.189. The van der Waals surface area contributed by atoms with Crippen molar-refractivity contribution < 1.29 is 23.9 Å². The maximum atomic E-state index is 12.1. The van der Waals surface area contributed by atoms with Gasteiger partial charge >= 0.3 is 11.9 Å². The van der Waals surface area contributed by atoms with Crippen LogP contribution in [0.15, 0.2) is 24.3 Å². The van der Waals surface area contributed by atoms with E-state index in [0.29, 0.717) is 19.1 Å². The van der Waals surface area contributed by atoms with Crippen molar-refractivity contribution in [3.05, 3.63) is 24.3 Å². The van der Waals surface area contributed by atoms with E-state index in [0.717, 1.165) is 51.4 Å². The highest BCUT2D eigenvalue weighted by Crippen LogP contribution is 2.12. The molecular weight excluding hydrogens is 548 g/mol. The normalized spacial score (nSPS) is 12.2. The molecule has 0 aliphatic heterocycles. The van der Waals surface area contributed by atoms with Gasteiger partial charge in [-0.2, -0.15) is 0 Å². The van der Waals surface area contributed by atoms with Gasteiger partial charge in [-0.3, -0.25) is 14.4 Å². The first kappa shape index (κ1) is 42.1. The molecule has 0 aromatic carbocycles. The van der Waals surface area contributed by atoms with Crippen LogP contribution < -0.4 is 0 Å². The molecule has 5 heteroatoms. The van der Waals surface area contributed by atoms with Crippen LogP contribution in [0.5, 0.6) is 0 Å². The van der Waals surface area contributed by atoms with Gasteiger partial charge in [-0.25, -0.2) is 0 Å². The predicted octanol–water partition coefficient (Wildman–Crippen LogP) is 11.7. The summed E-state index contributed by atoms with van der Waals surface area (Å²) in [6, 6.07) is 0. The van der Waals surface area contributed by atoms with E-state index in [-0.39, 0.29) is 12.6 Å². The average molecular weight is 619 g/mol. The number of ether oxygens (including phenoxy) is 2. The van der Waals surface area contributed by atoms with E-state index in [9.17, 15) is 14.4 Å². The molecule has 1 atom stereocenters. The summed E-state index contributed by atoms with van der Waals surface area (Å²) >= 11 is 0. The van der Waals surface area contributed by atoms with Crippen LogP contribution in [0, 0.1) is 0 Å². The maximum Gasteiger partial charge on any atom is 0.306 e. The number of hydrogen-bond acceptors (Lipinski definition) is 5. The Balaban J connectivity index is 3.58. The molecule has 0 saturated carbocycles. The summed E-state index contributed by atoms with van der Waals surface area (Å²) in [6.07, 6.45) is 40.8. The molecule has 44 heavy (non-hydrogen) atoms. The fourth-order valence-corrected chi connectivity index (χ4v) is 5.26. The zero-order valence-electron chi connectivity index (χ0n) is 29.0. The van der Waals surface area contributed by atoms with Crippen LogP contribution >= 0.6 is 0 Å². The van der Waals surface area contributed by atoms with E-state index in [2.05, 4.69) is 38.2 Å². The van der Waals surface area contributed by atoms with Crippen LogP contribution in [0.25, 0.3) is 0 Å². The molecule has 0 heterocycles. The quantitative estimate of drug-likeness (QED) is 0.0310. The highest BCUT2D eigenvalue weighted by molar-refractivity contribution is 5.73. The molecule has 0 bridgehead atoms. The average Bonchev–Trinajstić information content (AvgIpc) is 3.02. The van der Waals surface area contributed by atoms with Gasteiger partial charge in [-0.05, 0) is 64.2 Å². The molecule has 0 aliphatic rings. The number of esters is 2. The molecule has 0 aromatic heterocycles. The minimum atomic E-state index is -1.01. The fraction of sp³-hybridized carbons (Fsp3) is 0.821. The number of hydrogen-bond donors (Lipinski definition) is 0. The van der Waals surface area contributed by atoms with Crippen LogP contribution in [0.3, 0.4) is 0 Å². The summed E-state index contributed by atoms with van der Waals surface area (Å²) in [5.74, 6) is -0.726. The van der Waals surface area contributed by atoms with Gasteiger partial charge in [0.15, 0.2) is 12.4 Å². The summed E-state index contributed by atoms with van der Waals surface area (Å²) in [4.78, 5) is 35.4. The van der Waals surface area contributed by atoms with E-state index in [1.807, 2.05) is 0 Å². The number of allylic oxidation sites excluding steroid dienone is 4. The lowest BCUT2D eigenvalue weighted by Gasteiger charge is -2.12. The maximum absolute atomic E-state index is 12.1. The highest BCUT2D eigenvalue weighted by Gasteiger charge is 2.16. The van der Waals surface area contributed by atoms with Gasteiger partial charge < -0.3 is 9.47 Å². The van der Waals surface area contributed by atoms with Crippen LogP contribution in [-0.2, 0) is 23.9 Å². The Morgan fingerprint density at radius 3 is 1.20 bits per heavy atom. The second-order valence-corrected chi connectivity index (χ2v) is 12.5. The molecular formula is C39H70O5. The van der Waals surface area contributed by atoms with Crippen molar-refractivity contribution >= 4 is 18.2 Å². The first-order valence-electron chi connectivity index (χ1n) is 18.7. The van der Waals surface area contributed by atoms with E-state index < -0.39 is 12.1 Å². The van der Waals surface area contributed by atoms with E-state index >= 15 is 0 Å². The third-order valence-electron chi connectivity index (χ3n) is 8.13. The van der Waals surface area contributed by atoms with Gasteiger partial charge in [0.2, 0.25) is 0 Å². The predicted molar refractivity (Wildman–Crippen MR) is 186 cm³/mol. The largest absolute Gasteiger partial charge is 0.461 e. The van der Waals surface area contributed by atoms with Crippen molar-refractivity contribution in [1.82, 2.24) is 0 Å². The zero-order valence-corrected chi connectivity index (χ0v) is 29.0. The molecule has 1 unspecified atom stereocenters. The third kappa shape index (κ3) is 33.0. The fourth-order valence-electron chi connectivity index (χ4n) is 5.26. The monoisotopic (exact) mass is 619 g/mol. The van der Waals surface area contributed by atoms with Crippen LogP contribution in [0.1, 0.15) is 194 Å². The highest BCUT2D eigenvalue weighted by atomic mass is 16.6. The standard InChI is InChI=1S/C39H70O5/c1-3-5-7-9-11-13-15-17-19-21-23-25-27-29-31-33-38(41)43-36-37(35-40)44-39(42)34-32-30-28-26-24-22-20-18-16-14-12-10-8-6-4-2/h17-20,35,37H,3-16,21-34,36H2,1-2H3. The lowest BCUT2D eigenvalue weighted by molar-refractivity contribution is -0.160. The lowest BCUT2D eigenvalue weighted by Crippen LogP contribution is -2.26. The molecule has 0 saturated heterocycles. The Morgan fingerprint density at radius 2 is 0.818 bits per heavy atom. The zero-order chi connectivity index (χ0) is 32.2. The van der Waals surface area contributed by atoms with Crippen molar-refractivity contribution in [2.45, 2.75) is 200 Å². The minimum Gasteiger partial charge on any atom is -0.461 e. The number of unbranched alkanes of at least 4 members (excludes halogenated alkanes) is 22. The Kier molecular flexibility index (Phi) is 34.0. The van der Waals surface area contributed by atoms with Crippen LogP contribution in [0.2, 0.25) is 0 Å². The Bertz CT molecular complexity index is 699. The first-order chi connectivity index (χ1) is 21.6. The second-order valence-electron chi connectivity index (χ2n) is 12.5. The lowest BCUT2D eigenvalue weighted by atomic mass is 10.1. The van der Waals surface area contributed by atoms with Gasteiger partial charge in [0, 0.05) is 12.8 Å². The molecule has 0 radical (unpaired) electrons. The number of rotatable bonds is 34. The molecule has 256 valence electrons.